The molecule has 0 fully saturated rings. The predicted molar refractivity (Wildman–Crippen MR) is 135 cm³/mol. The number of rotatable bonds is 5. The van der Waals surface area contributed by atoms with Crippen molar-refractivity contribution in [2.45, 2.75) is 27.5 Å². The molecular weight excluding hydrogens is 535 g/mol. The van der Waals surface area contributed by atoms with Gasteiger partial charge in [-0.25, -0.2) is 15.0 Å². The molecule has 3 aromatic rings. The zero-order valence-corrected chi connectivity index (χ0v) is 21.4. The molecule has 32 heavy (non-hydrogen) atoms. The van der Waals surface area contributed by atoms with E-state index in [1.165, 1.54) is 0 Å². The molecule has 0 aliphatic carbocycles. The zero-order chi connectivity index (χ0) is 23.5. The second-order valence-corrected chi connectivity index (χ2v) is 11.6. The SMILES string of the molecule is CC(C)Oc1ccc(/C=C\c2ccc(-c3nc(C(Cl)(Cl)Cl)nc(C(Cl)(Cl)Cl)n3)cc2)cc1. The molecule has 0 bridgehead atoms. The average molecular weight is 552 g/mol. The van der Waals surface area contributed by atoms with Gasteiger partial charge >= 0.3 is 0 Å². The summed E-state index contributed by atoms with van der Waals surface area (Å²) in [5.74, 6) is 0.784. The fourth-order valence-electron chi connectivity index (χ4n) is 2.62. The van der Waals surface area contributed by atoms with Crippen LogP contribution in [-0.2, 0) is 7.59 Å². The van der Waals surface area contributed by atoms with Gasteiger partial charge in [0.25, 0.3) is 0 Å². The van der Waals surface area contributed by atoms with Crippen LogP contribution in [0.3, 0.4) is 0 Å². The van der Waals surface area contributed by atoms with Crippen LogP contribution in [-0.4, -0.2) is 21.1 Å². The summed E-state index contributed by atoms with van der Waals surface area (Å²) in [6.45, 7) is 3.98. The van der Waals surface area contributed by atoms with Crippen LogP contribution in [0.25, 0.3) is 23.5 Å². The van der Waals surface area contributed by atoms with Crippen molar-refractivity contribution < 1.29 is 4.74 Å². The minimum Gasteiger partial charge on any atom is -0.491 e. The molecule has 0 amide bonds. The first-order valence-corrected chi connectivity index (χ1v) is 11.6. The van der Waals surface area contributed by atoms with Gasteiger partial charge in [0.1, 0.15) is 5.75 Å². The molecule has 0 saturated carbocycles. The van der Waals surface area contributed by atoms with E-state index in [0.29, 0.717) is 5.56 Å². The molecule has 4 nitrogen and oxygen atoms in total. The molecule has 2 aromatic carbocycles. The second-order valence-electron chi connectivity index (χ2n) is 6.99. The van der Waals surface area contributed by atoms with Gasteiger partial charge < -0.3 is 4.74 Å². The van der Waals surface area contributed by atoms with Crippen LogP contribution in [0, 0.1) is 0 Å². The number of alkyl halides is 6. The molecule has 1 heterocycles. The van der Waals surface area contributed by atoms with Gasteiger partial charge in [0.15, 0.2) is 17.5 Å². The summed E-state index contributed by atoms with van der Waals surface area (Å²) in [6, 6.07) is 15.3. The first kappa shape index (κ1) is 25.4. The highest BCUT2D eigenvalue weighted by atomic mass is 35.6. The van der Waals surface area contributed by atoms with Gasteiger partial charge in [-0.1, -0.05) is 118 Å². The molecule has 0 unspecified atom stereocenters. The normalized spacial score (nSPS) is 12.5. The zero-order valence-electron chi connectivity index (χ0n) is 16.9. The summed E-state index contributed by atoms with van der Waals surface area (Å²) in [5.41, 5.74) is 2.65. The van der Waals surface area contributed by atoms with E-state index in [1.807, 2.05) is 74.5 Å². The highest BCUT2D eigenvalue weighted by Crippen LogP contribution is 2.40. The lowest BCUT2D eigenvalue weighted by Gasteiger charge is -2.15. The Bertz CT molecular complexity index is 1060. The summed E-state index contributed by atoms with van der Waals surface area (Å²) in [4.78, 5) is 12.4. The first-order chi connectivity index (χ1) is 14.9. The van der Waals surface area contributed by atoms with Crippen LogP contribution >= 0.6 is 69.6 Å². The summed E-state index contributed by atoms with van der Waals surface area (Å²) < 4.78 is 1.85. The number of aromatic nitrogens is 3. The van der Waals surface area contributed by atoms with Crippen molar-refractivity contribution in [2.24, 2.45) is 0 Å². The van der Waals surface area contributed by atoms with Crippen molar-refractivity contribution in [1.82, 2.24) is 15.0 Å². The van der Waals surface area contributed by atoms with Gasteiger partial charge in [0.05, 0.1) is 6.10 Å². The topological polar surface area (TPSA) is 47.9 Å². The van der Waals surface area contributed by atoms with E-state index in [-0.39, 0.29) is 23.6 Å². The van der Waals surface area contributed by atoms with E-state index in [0.717, 1.165) is 16.9 Å². The maximum atomic E-state index is 5.93. The molecule has 0 radical (unpaired) electrons. The highest BCUT2D eigenvalue weighted by Gasteiger charge is 2.34. The van der Waals surface area contributed by atoms with Crippen LogP contribution in [0.5, 0.6) is 5.75 Å². The third-order valence-electron chi connectivity index (χ3n) is 4.03. The Balaban J connectivity index is 1.83. The maximum Gasteiger partial charge on any atom is 0.250 e. The van der Waals surface area contributed by atoms with Gasteiger partial charge in [-0.3, -0.25) is 0 Å². The molecule has 0 N–H and O–H groups in total. The summed E-state index contributed by atoms with van der Waals surface area (Å²) in [6.07, 6.45) is 4.12. The van der Waals surface area contributed by atoms with Crippen LogP contribution in [0.2, 0.25) is 0 Å². The number of hydrogen-bond acceptors (Lipinski definition) is 4. The summed E-state index contributed by atoms with van der Waals surface area (Å²) in [7, 11) is 0. The van der Waals surface area contributed by atoms with Gasteiger partial charge in [-0.15, -0.1) is 0 Å². The first-order valence-electron chi connectivity index (χ1n) is 9.37. The highest BCUT2D eigenvalue weighted by molar-refractivity contribution is 6.67. The fourth-order valence-corrected chi connectivity index (χ4v) is 3.13. The number of ether oxygens (including phenoxy) is 1. The Morgan fingerprint density at radius 3 is 1.53 bits per heavy atom. The lowest BCUT2D eigenvalue weighted by Crippen LogP contribution is -2.16. The number of hydrogen-bond donors (Lipinski definition) is 0. The second kappa shape index (κ2) is 10.3. The minimum absolute atomic E-state index is 0.135. The van der Waals surface area contributed by atoms with E-state index >= 15 is 0 Å². The Morgan fingerprint density at radius 1 is 0.688 bits per heavy atom. The van der Waals surface area contributed by atoms with Crippen molar-refractivity contribution in [2.75, 3.05) is 0 Å². The van der Waals surface area contributed by atoms with Crippen LogP contribution < -0.4 is 4.74 Å². The Morgan fingerprint density at radius 2 is 1.12 bits per heavy atom. The van der Waals surface area contributed by atoms with Gasteiger partial charge in [0.2, 0.25) is 7.59 Å². The predicted octanol–water partition coefficient (Wildman–Crippen LogP) is 8.15. The molecule has 0 spiro atoms. The van der Waals surface area contributed by atoms with Crippen molar-refractivity contribution in [3.8, 4) is 17.1 Å². The number of halogens is 6. The number of nitrogens with zero attached hydrogens (tertiary/aromatic N) is 3. The molecule has 0 aliphatic rings. The quantitative estimate of drug-likeness (QED) is 0.237. The molecule has 168 valence electrons. The monoisotopic (exact) mass is 549 g/mol. The smallest absolute Gasteiger partial charge is 0.250 e. The molecule has 1 aromatic heterocycles. The molecular formula is C22H17Cl6N3O. The maximum absolute atomic E-state index is 5.93. The molecule has 0 aliphatic heterocycles. The van der Waals surface area contributed by atoms with E-state index in [1.54, 1.807) is 0 Å². The van der Waals surface area contributed by atoms with E-state index in [9.17, 15) is 0 Å². The van der Waals surface area contributed by atoms with Gasteiger partial charge in [-0.05, 0) is 37.1 Å². The average Bonchev–Trinajstić information content (AvgIpc) is 2.72. The van der Waals surface area contributed by atoms with E-state index < -0.39 is 7.59 Å². The van der Waals surface area contributed by atoms with Crippen LogP contribution in [0.15, 0.2) is 48.5 Å². The largest absolute Gasteiger partial charge is 0.491 e. The van der Waals surface area contributed by atoms with Crippen molar-refractivity contribution in [3.63, 3.8) is 0 Å². The third kappa shape index (κ3) is 7.11. The molecule has 10 heteroatoms. The van der Waals surface area contributed by atoms with Crippen molar-refractivity contribution >= 4 is 81.8 Å². The lowest BCUT2D eigenvalue weighted by atomic mass is 10.1. The van der Waals surface area contributed by atoms with E-state index in [4.69, 9.17) is 74.3 Å². The van der Waals surface area contributed by atoms with Crippen molar-refractivity contribution in [1.29, 1.82) is 0 Å². The summed E-state index contributed by atoms with van der Waals surface area (Å²) in [5, 5.41) is 0. The third-order valence-corrected chi connectivity index (χ3v) is 5.05. The Hall–Kier alpha value is -1.27. The Kier molecular flexibility index (Phi) is 8.19. The fraction of sp³-hybridized carbons (Fsp3) is 0.227. The van der Waals surface area contributed by atoms with Gasteiger partial charge in [0, 0.05) is 5.56 Å². The standard InChI is InChI=1S/C22H17Cl6N3O/c1-13(2)32-17-11-7-15(8-12-17)4-3-14-5-9-16(10-6-14)18-29-19(21(23,24)25)31-20(30-18)22(26,27)28/h3-13H,1-2H3/b4-3-. The lowest BCUT2D eigenvalue weighted by molar-refractivity contribution is 0.242. The molecule has 3 rings (SSSR count). The van der Waals surface area contributed by atoms with Crippen LogP contribution in [0.4, 0.5) is 0 Å². The minimum atomic E-state index is -1.90. The van der Waals surface area contributed by atoms with Crippen molar-refractivity contribution in [3.05, 3.63) is 71.3 Å². The van der Waals surface area contributed by atoms with E-state index in [2.05, 4.69) is 15.0 Å². The summed E-state index contributed by atoms with van der Waals surface area (Å²) >= 11 is 35.6. The molecule has 0 saturated heterocycles. The number of benzene rings is 2. The van der Waals surface area contributed by atoms with Crippen LogP contribution in [0.1, 0.15) is 36.6 Å². The molecule has 0 atom stereocenters. The van der Waals surface area contributed by atoms with Gasteiger partial charge in [-0.2, -0.15) is 0 Å². The Labute approximate surface area is 216 Å².